The second kappa shape index (κ2) is 6.14. The van der Waals surface area contributed by atoms with Gasteiger partial charge in [-0.1, -0.05) is 13.0 Å². The maximum Gasteiger partial charge on any atom is 0.274 e. The van der Waals surface area contributed by atoms with E-state index in [0.717, 1.165) is 22.4 Å². The first-order valence-corrected chi connectivity index (χ1v) is 6.52. The van der Waals surface area contributed by atoms with Crippen molar-refractivity contribution in [2.45, 2.75) is 26.8 Å². The Hall–Kier alpha value is -2.43. The van der Waals surface area contributed by atoms with Crippen LogP contribution in [-0.2, 0) is 13.0 Å². The zero-order valence-electron chi connectivity index (χ0n) is 11.6. The van der Waals surface area contributed by atoms with Crippen LogP contribution in [0, 0.1) is 17.0 Å². The minimum atomic E-state index is -0.334. The number of rotatable bonds is 5. The molecule has 2 aromatic rings. The summed E-state index contributed by atoms with van der Waals surface area (Å²) in [6.45, 7) is 4.53. The molecule has 5 heteroatoms. The van der Waals surface area contributed by atoms with Crippen LogP contribution >= 0.6 is 0 Å². The maximum absolute atomic E-state index is 11.0. The molecule has 0 saturated carbocycles. The Bertz CT molecular complexity index is 626. The van der Waals surface area contributed by atoms with Crippen molar-refractivity contribution in [2.75, 3.05) is 5.32 Å². The number of aryl methyl sites for hydroxylation is 2. The van der Waals surface area contributed by atoms with Crippen LogP contribution in [0.1, 0.15) is 23.6 Å². The molecule has 0 aliphatic rings. The van der Waals surface area contributed by atoms with Gasteiger partial charge in [-0.15, -0.1) is 0 Å². The average Bonchev–Trinajstić information content (AvgIpc) is 2.46. The summed E-state index contributed by atoms with van der Waals surface area (Å²) in [4.78, 5) is 14.8. The summed E-state index contributed by atoms with van der Waals surface area (Å²) in [6, 6.07) is 7.21. The highest BCUT2D eigenvalue weighted by molar-refractivity contribution is 5.55. The summed E-state index contributed by atoms with van der Waals surface area (Å²) in [6.07, 6.45) is 4.20. The third-order valence-electron chi connectivity index (χ3n) is 3.29. The molecule has 0 spiro atoms. The van der Waals surface area contributed by atoms with E-state index in [-0.39, 0.29) is 10.6 Å². The molecule has 1 N–H and O–H groups in total. The molecule has 20 heavy (non-hydrogen) atoms. The molecule has 0 amide bonds. The van der Waals surface area contributed by atoms with E-state index in [1.54, 1.807) is 24.5 Å². The molecule has 0 saturated heterocycles. The van der Waals surface area contributed by atoms with Gasteiger partial charge in [-0.2, -0.15) is 0 Å². The second-order valence-corrected chi connectivity index (χ2v) is 4.61. The van der Waals surface area contributed by atoms with Crippen molar-refractivity contribution in [3.63, 3.8) is 0 Å². The van der Waals surface area contributed by atoms with Gasteiger partial charge in [-0.25, -0.2) is 0 Å². The molecule has 104 valence electrons. The molecule has 2 rings (SSSR count). The van der Waals surface area contributed by atoms with Crippen molar-refractivity contribution >= 4 is 11.4 Å². The van der Waals surface area contributed by atoms with E-state index in [1.807, 2.05) is 26.0 Å². The van der Waals surface area contributed by atoms with Gasteiger partial charge in [0.05, 0.1) is 4.92 Å². The van der Waals surface area contributed by atoms with Crippen molar-refractivity contribution in [1.82, 2.24) is 4.98 Å². The van der Waals surface area contributed by atoms with Gasteiger partial charge in [0.15, 0.2) is 0 Å². The molecule has 1 aromatic carbocycles. The molecule has 0 aliphatic heterocycles. The third kappa shape index (κ3) is 3.12. The Balaban J connectivity index is 2.16. The zero-order valence-corrected chi connectivity index (χ0v) is 11.6. The Morgan fingerprint density at radius 1 is 1.30 bits per heavy atom. The summed E-state index contributed by atoms with van der Waals surface area (Å²) in [7, 11) is 0. The molecule has 0 fully saturated rings. The monoisotopic (exact) mass is 271 g/mol. The normalized spacial score (nSPS) is 10.3. The Labute approximate surface area is 117 Å². The fourth-order valence-corrected chi connectivity index (χ4v) is 2.02. The molecule has 5 nitrogen and oxygen atoms in total. The van der Waals surface area contributed by atoms with E-state index >= 15 is 0 Å². The van der Waals surface area contributed by atoms with E-state index in [2.05, 4.69) is 10.3 Å². The highest BCUT2D eigenvalue weighted by Gasteiger charge is 2.12. The van der Waals surface area contributed by atoms with Crippen molar-refractivity contribution in [3.8, 4) is 0 Å². The van der Waals surface area contributed by atoms with Crippen molar-refractivity contribution in [1.29, 1.82) is 0 Å². The number of nitro groups is 1. The fourth-order valence-electron chi connectivity index (χ4n) is 2.02. The van der Waals surface area contributed by atoms with Gasteiger partial charge in [0.25, 0.3) is 5.69 Å². The smallest absolute Gasteiger partial charge is 0.274 e. The summed E-state index contributed by atoms with van der Waals surface area (Å²) < 4.78 is 0. The lowest BCUT2D eigenvalue weighted by Gasteiger charge is -2.09. The van der Waals surface area contributed by atoms with Gasteiger partial charge < -0.3 is 5.32 Å². The predicted molar refractivity (Wildman–Crippen MR) is 78.8 cm³/mol. The molecule has 1 aromatic heterocycles. The first-order valence-electron chi connectivity index (χ1n) is 6.52. The number of nitrogens with one attached hydrogen (secondary N) is 1. The van der Waals surface area contributed by atoms with Crippen LogP contribution in [0.2, 0.25) is 0 Å². The molecule has 1 heterocycles. The molecule has 0 radical (unpaired) electrons. The minimum absolute atomic E-state index is 0.167. The van der Waals surface area contributed by atoms with Gasteiger partial charge in [0.1, 0.15) is 0 Å². The SMILES string of the molecule is CCc1ccc(NCc2cnccc2C)cc1[N+](=O)[O-]. The van der Waals surface area contributed by atoms with E-state index in [1.165, 1.54) is 0 Å². The number of nitro benzene ring substituents is 1. The number of hydrogen-bond donors (Lipinski definition) is 1. The first-order chi connectivity index (χ1) is 9.61. The Morgan fingerprint density at radius 2 is 2.10 bits per heavy atom. The number of anilines is 1. The Morgan fingerprint density at radius 3 is 2.75 bits per heavy atom. The van der Waals surface area contributed by atoms with Crippen LogP contribution in [0.15, 0.2) is 36.7 Å². The number of hydrogen-bond acceptors (Lipinski definition) is 4. The van der Waals surface area contributed by atoms with Gasteiger partial charge in [0.2, 0.25) is 0 Å². The number of nitrogens with zero attached hydrogens (tertiary/aromatic N) is 2. The number of aromatic nitrogens is 1. The first kappa shape index (κ1) is 14.0. The number of benzene rings is 1. The van der Waals surface area contributed by atoms with Crippen LogP contribution < -0.4 is 5.32 Å². The van der Waals surface area contributed by atoms with Crippen molar-refractivity contribution in [3.05, 3.63) is 63.5 Å². The standard InChI is InChI=1S/C15H17N3O2/c1-3-12-4-5-14(8-15(12)18(19)20)17-10-13-9-16-7-6-11(13)2/h4-9,17H,3,10H2,1-2H3. The molecule has 0 atom stereocenters. The van der Waals surface area contributed by atoms with Gasteiger partial charge in [0, 0.05) is 36.3 Å². The quantitative estimate of drug-likeness (QED) is 0.667. The highest BCUT2D eigenvalue weighted by Crippen LogP contribution is 2.24. The minimum Gasteiger partial charge on any atom is -0.381 e. The molecule has 0 aliphatic carbocycles. The largest absolute Gasteiger partial charge is 0.381 e. The fraction of sp³-hybridized carbons (Fsp3) is 0.267. The molecular formula is C15H17N3O2. The lowest BCUT2D eigenvalue weighted by molar-refractivity contribution is -0.385. The molecule has 0 bridgehead atoms. The maximum atomic E-state index is 11.0. The molecule has 0 unspecified atom stereocenters. The van der Waals surface area contributed by atoms with Gasteiger partial charge in [-0.3, -0.25) is 15.1 Å². The molecular weight excluding hydrogens is 254 g/mol. The lowest BCUT2D eigenvalue weighted by atomic mass is 10.1. The van der Waals surface area contributed by atoms with Crippen LogP contribution in [0.3, 0.4) is 0 Å². The van der Waals surface area contributed by atoms with Crippen LogP contribution in [0.4, 0.5) is 11.4 Å². The highest BCUT2D eigenvalue weighted by atomic mass is 16.6. The van der Waals surface area contributed by atoms with Gasteiger partial charge >= 0.3 is 0 Å². The average molecular weight is 271 g/mol. The van der Waals surface area contributed by atoms with Crippen LogP contribution in [-0.4, -0.2) is 9.91 Å². The summed E-state index contributed by atoms with van der Waals surface area (Å²) >= 11 is 0. The topological polar surface area (TPSA) is 68.1 Å². The summed E-state index contributed by atoms with van der Waals surface area (Å²) in [5.41, 5.74) is 3.89. The summed E-state index contributed by atoms with van der Waals surface area (Å²) in [5, 5.41) is 14.2. The second-order valence-electron chi connectivity index (χ2n) is 4.61. The lowest BCUT2D eigenvalue weighted by Crippen LogP contribution is -2.03. The van der Waals surface area contributed by atoms with E-state index < -0.39 is 0 Å². The van der Waals surface area contributed by atoms with Crippen LogP contribution in [0.25, 0.3) is 0 Å². The summed E-state index contributed by atoms with van der Waals surface area (Å²) in [5.74, 6) is 0. The van der Waals surface area contributed by atoms with Crippen molar-refractivity contribution < 1.29 is 4.92 Å². The zero-order chi connectivity index (χ0) is 14.5. The van der Waals surface area contributed by atoms with E-state index in [0.29, 0.717) is 13.0 Å². The predicted octanol–water partition coefficient (Wildman–Crippen LogP) is 3.47. The van der Waals surface area contributed by atoms with Crippen LogP contribution in [0.5, 0.6) is 0 Å². The third-order valence-corrected chi connectivity index (χ3v) is 3.29. The number of pyridine rings is 1. The van der Waals surface area contributed by atoms with E-state index in [4.69, 9.17) is 0 Å². The van der Waals surface area contributed by atoms with Gasteiger partial charge in [-0.05, 0) is 36.6 Å². The Kier molecular flexibility index (Phi) is 4.30. The van der Waals surface area contributed by atoms with Crippen molar-refractivity contribution in [2.24, 2.45) is 0 Å². The van der Waals surface area contributed by atoms with E-state index in [9.17, 15) is 10.1 Å².